The lowest BCUT2D eigenvalue weighted by Gasteiger charge is -2.08. The van der Waals surface area contributed by atoms with Gasteiger partial charge in [-0.05, 0) is 18.2 Å². The van der Waals surface area contributed by atoms with Crippen LogP contribution in [0.3, 0.4) is 0 Å². The lowest BCUT2D eigenvalue weighted by atomic mass is 10.1. The number of carbonyl (C=O) groups is 1. The average molecular weight is 221 g/mol. The third-order valence-electron chi connectivity index (χ3n) is 1.70. The lowest BCUT2D eigenvalue weighted by molar-refractivity contribution is 0.0693. The summed E-state index contributed by atoms with van der Waals surface area (Å²) in [6.07, 6.45) is 0. The van der Waals surface area contributed by atoms with Gasteiger partial charge in [-0.1, -0.05) is 13.8 Å². The van der Waals surface area contributed by atoms with E-state index in [0.29, 0.717) is 15.7 Å². The maximum atomic E-state index is 10.9. The first-order valence-corrected chi connectivity index (χ1v) is 5.36. The van der Waals surface area contributed by atoms with Gasteiger partial charge < -0.3 is 5.11 Å². The normalized spacial score (nSPS) is 10.0. The molecule has 1 N–H and O–H groups in total. The van der Waals surface area contributed by atoms with Crippen LogP contribution in [0.15, 0.2) is 23.1 Å². The summed E-state index contributed by atoms with van der Waals surface area (Å²) in [5.74, 6) is -0.991. The fourth-order valence-corrected chi connectivity index (χ4v) is 2.05. The van der Waals surface area contributed by atoms with Crippen molar-refractivity contribution in [2.75, 3.05) is 0 Å². The summed E-state index contributed by atoms with van der Waals surface area (Å²) in [5.41, 5.74) is 0.577. The van der Waals surface area contributed by atoms with Gasteiger partial charge in [-0.2, -0.15) is 5.26 Å². The zero-order chi connectivity index (χ0) is 11.4. The van der Waals surface area contributed by atoms with Gasteiger partial charge in [0.15, 0.2) is 0 Å². The van der Waals surface area contributed by atoms with E-state index in [9.17, 15) is 4.79 Å². The Kier molecular flexibility index (Phi) is 3.75. The van der Waals surface area contributed by atoms with Crippen LogP contribution >= 0.6 is 11.8 Å². The molecule has 1 aromatic rings. The van der Waals surface area contributed by atoms with E-state index in [1.807, 2.05) is 19.9 Å². The average Bonchev–Trinajstić information content (AvgIpc) is 2.17. The number of hydrogen-bond donors (Lipinski definition) is 1. The number of nitrogens with zero attached hydrogens (tertiary/aromatic N) is 1. The van der Waals surface area contributed by atoms with E-state index in [1.54, 1.807) is 12.1 Å². The van der Waals surface area contributed by atoms with Gasteiger partial charge in [0.1, 0.15) is 0 Å². The van der Waals surface area contributed by atoms with E-state index in [-0.39, 0.29) is 5.56 Å². The molecule has 78 valence electrons. The van der Waals surface area contributed by atoms with Crippen LogP contribution in [0.25, 0.3) is 0 Å². The molecule has 0 fully saturated rings. The summed E-state index contributed by atoms with van der Waals surface area (Å²) in [6, 6.07) is 6.66. The second-order valence-corrected chi connectivity index (χ2v) is 4.91. The summed E-state index contributed by atoms with van der Waals surface area (Å²) < 4.78 is 0. The lowest BCUT2D eigenvalue weighted by Crippen LogP contribution is -2.01. The highest BCUT2D eigenvalue weighted by Crippen LogP contribution is 2.27. The number of rotatable bonds is 3. The quantitative estimate of drug-likeness (QED) is 0.797. The molecule has 1 aromatic carbocycles. The van der Waals surface area contributed by atoms with Crippen LogP contribution in [0.1, 0.15) is 29.8 Å². The molecule has 0 saturated heterocycles. The molecule has 4 heteroatoms. The second kappa shape index (κ2) is 4.85. The van der Waals surface area contributed by atoms with E-state index in [0.717, 1.165) is 0 Å². The van der Waals surface area contributed by atoms with E-state index in [4.69, 9.17) is 10.4 Å². The SMILES string of the molecule is CC(C)Sc1ccc(C#N)cc1C(=O)O. The molecule has 0 radical (unpaired) electrons. The van der Waals surface area contributed by atoms with Gasteiger partial charge in [0.25, 0.3) is 0 Å². The van der Waals surface area contributed by atoms with Crippen molar-refractivity contribution in [3.05, 3.63) is 29.3 Å². The Labute approximate surface area is 92.7 Å². The summed E-state index contributed by atoms with van der Waals surface area (Å²) in [7, 11) is 0. The minimum absolute atomic E-state index is 0.202. The van der Waals surface area contributed by atoms with Crippen molar-refractivity contribution in [3.63, 3.8) is 0 Å². The molecule has 1 rings (SSSR count). The van der Waals surface area contributed by atoms with Gasteiger partial charge in [0.2, 0.25) is 0 Å². The maximum absolute atomic E-state index is 10.9. The van der Waals surface area contributed by atoms with Crippen LogP contribution in [0.2, 0.25) is 0 Å². The predicted octanol–water partition coefficient (Wildman–Crippen LogP) is 2.76. The summed E-state index contributed by atoms with van der Waals surface area (Å²) in [6.45, 7) is 3.99. The minimum Gasteiger partial charge on any atom is -0.478 e. The topological polar surface area (TPSA) is 61.1 Å². The van der Waals surface area contributed by atoms with E-state index < -0.39 is 5.97 Å². The number of aromatic carboxylic acids is 1. The molecule has 15 heavy (non-hydrogen) atoms. The molecule has 0 heterocycles. The Morgan fingerprint density at radius 3 is 2.67 bits per heavy atom. The monoisotopic (exact) mass is 221 g/mol. The molecule has 0 amide bonds. The van der Waals surface area contributed by atoms with Gasteiger partial charge in [-0.25, -0.2) is 4.79 Å². The van der Waals surface area contributed by atoms with Crippen LogP contribution in [-0.2, 0) is 0 Å². The summed E-state index contributed by atoms with van der Waals surface area (Å²) in [5, 5.41) is 18.0. The van der Waals surface area contributed by atoms with E-state index in [2.05, 4.69) is 0 Å². The molecule has 0 aliphatic heterocycles. The summed E-state index contributed by atoms with van der Waals surface area (Å²) >= 11 is 1.48. The number of carboxylic acids is 1. The molecule has 0 spiro atoms. The van der Waals surface area contributed by atoms with Crippen molar-refractivity contribution in [2.45, 2.75) is 24.0 Å². The van der Waals surface area contributed by atoms with Gasteiger partial charge in [0.05, 0.1) is 17.2 Å². The number of nitriles is 1. The molecule has 3 nitrogen and oxygen atoms in total. The van der Waals surface area contributed by atoms with Gasteiger partial charge in [0, 0.05) is 10.1 Å². The zero-order valence-corrected chi connectivity index (χ0v) is 9.34. The number of hydrogen-bond acceptors (Lipinski definition) is 3. The molecule has 0 unspecified atom stereocenters. The van der Waals surface area contributed by atoms with E-state index >= 15 is 0 Å². The highest BCUT2D eigenvalue weighted by molar-refractivity contribution is 8.00. The van der Waals surface area contributed by atoms with Crippen molar-refractivity contribution >= 4 is 17.7 Å². The zero-order valence-electron chi connectivity index (χ0n) is 8.52. The standard InChI is InChI=1S/C11H11NO2S/c1-7(2)15-10-4-3-8(6-12)5-9(10)11(13)14/h3-5,7H,1-2H3,(H,13,14). The highest BCUT2D eigenvalue weighted by atomic mass is 32.2. The van der Waals surface area contributed by atoms with Crippen LogP contribution in [0.4, 0.5) is 0 Å². The van der Waals surface area contributed by atoms with Crippen LogP contribution in [-0.4, -0.2) is 16.3 Å². The van der Waals surface area contributed by atoms with E-state index in [1.165, 1.54) is 17.8 Å². The Balaban J connectivity index is 3.16. The fraction of sp³-hybridized carbons (Fsp3) is 0.273. The van der Waals surface area contributed by atoms with Crippen LogP contribution in [0.5, 0.6) is 0 Å². The fourth-order valence-electron chi connectivity index (χ4n) is 1.12. The maximum Gasteiger partial charge on any atom is 0.336 e. The third-order valence-corrected chi connectivity index (χ3v) is 2.78. The predicted molar refractivity (Wildman–Crippen MR) is 59.1 cm³/mol. The molecular weight excluding hydrogens is 210 g/mol. The van der Waals surface area contributed by atoms with Crippen molar-refractivity contribution < 1.29 is 9.90 Å². The first-order valence-electron chi connectivity index (χ1n) is 4.48. The number of carboxylic acid groups (broad SMARTS) is 1. The number of benzene rings is 1. The van der Waals surface area contributed by atoms with Crippen molar-refractivity contribution in [1.82, 2.24) is 0 Å². The minimum atomic E-state index is -0.991. The van der Waals surface area contributed by atoms with Gasteiger partial charge >= 0.3 is 5.97 Å². The van der Waals surface area contributed by atoms with Crippen molar-refractivity contribution in [2.24, 2.45) is 0 Å². The largest absolute Gasteiger partial charge is 0.478 e. The van der Waals surface area contributed by atoms with Gasteiger partial charge in [-0.3, -0.25) is 0 Å². The third kappa shape index (κ3) is 3.00. The Morgan fingerprint density at radius 2 is 2.20 bits per heavy atom. The number of thioether (sulfide) groups is 1. The first-order chi connectivity index (χ1) is 7.04. The molecule has 0 bridgehead atoms. The molecule has 0 saturated carbocycles. The van der Waals surface area contributed by atoms with Crippen molar-refractivity contribution in [3.8, 4) is 6.07 Å². The second-order valence-electron chi connectivity index (χ2n) is 3.29. The molecule has 0 aliphatic carbocycles. The first kappa shape index (κ1) is 11.6. The Hall–Kier alpha value is -1.47. The molecular formula is C11H11NO2S. The summed E-state index contributed by atoms with van der Waals surface area (Å²) in [4.78, 5) is 11.7. The van der Waals surface area contributed by atoms with Gasteiger partial charge in [-0.15, -0.1) is 11.8 Å². The van der Waals surface area contributed by atoms with Crippen molar-refractivity contribution in [1.29, 1.82) is 5.26 Å². The molecule has 0 aromatic heterocycles. The Morgan fingerprint density at radius 1 is 1.53 bits per heavy atom. The molecule has 0 atom stereocenters. The smallest absolute Gasteiger partial charge is 0.336 e. The highest BCUT2D eigenvalue weighted by Gasteiger charge is 2.12. The van der Waals surface area contributed by atoms with Crippen LogP contribution in [0, 0.1) is 11.3 Å². The molecule has 0 aliphatic rings. The Bertz CT molecular complexity index is 421. The van der Waals surface area contributed by atoms with Crippen LogP contribution < -0.4 is 0 Å².